The number of hydrogen-bond donors (Lipinski definition) is 2. The summed E-state index contributed by atoms with van der Waals surface area (Å²) in [6, 6.07) is 1.77. The first kappa shape index (κ1) is 6.67. The van der Waals surface area contributed by atoms with Gasteiger partial charge in [-0.3, -0.25) is 0 Å². The molecule has 1 rings (SSSR count). The molecule has 1 aromatic heterocycles. The van der Waals surface area contributed by atoms with Crippen LogP contribution in [0.5, 0.6) is 0 Å². The maximum atomic E-state index is 5.37. The van der Waals surface area contributed by atoms with E-state index in [0.717, 1.165) is 11.3 Å². The molecule has 0 aliphatic heterocycles. The van der Waals surface area contributed by atoms with Crippen molar-refractivity contribution >= 4 is 5.84 Å². The Morgan fingerprint density at radius 1 is 1.70 bits per heavy atom. The van der Waals surface area contributed by atoms with Gasteiger partial charge in [-0.1, -0.05) is 0 Å². The third kappa shape index (κ3) is 1.10. The minimum Gasteiger partial charge on any atom is -0.469 e. The first-order chi connectivity index (χ1) is 4.74. The van der Waals surface area contributed by atoms with Gasteiger partial charge in [0.2, 0.25) is 0 Å². The van der Waals surface area contributed by atoms with Crippen LogP contribution in [0.2, 0.25) is 0 Å². The summed E-state index contributed by atoms with van der Waals surface area (Å²) in [5, 5.41) is 3.31. The summed E-state index contributed by atoms with van der Waals surface area (Å²) in [5.41, 5.74) is 6.09. The second-order valence-electron chi connectivity index (χ2n) is 1.96. The van der Waals surface area contributed by atoms with E-state index in [1.54, 1.807) is 6.07 Å². The van der Waals surface area contributed by atoms with E-state index in [1.807, 2.05) is 6.92 Å². The second kappa shape index (κ2) is 2.43. The summed E-state index contributed by atoms with van der Waals surface area (Å²) in [6.45, 7) is 1.83. The zero-order valence-corrected chi connectivity index (χ0v) is 5.66. The van der Waals surface area contributed by atoms with Gasteiger partial charge in [0.25, 0.3) is 0 Å². The normalized spacial score (nSPS) is 11.9. The number of nitrogens with zero attached hydrogens (tertiary/aromatic N) is 1. The van der Waals surface area contributed by atoms with Gasteiger partial charge in [-0.25, -0.2) is 0 Å². The van der Waals surface area contributed by atoms with E-state index < -0.39 is 0 Å². The van der Waals surface area contributed by atoms with Crippen LogP contribution in [-0.2, 0) is 0 Å². The molecular formula is C6H9N3O. The number of aryl methyl sites for hydroxylation is 1. The van der Waals surface area contributed by atoms with Crippen LogP contribution in [0.1, 0.15) is 11.3 Å². The maximum absolute atomic E-state index is 5.37. The fourth-order valence-electron chi connectivity index (χ4n) is 0.652. The highest BCUT2D eigenvalue weighted by Crippen LogP contribution is 2.04. The zero-order valence-electron chi connectivity index (χ0n) is 5.66. The average Bonchev–Trinajstić information content (AvgIpc) is 2.34. The van der Waals surface area contributed by atoms with Gasteiger partial charge in [0.05, 0.1) is 5.56 Å². The smallest absolute Gasteiger partial charge is 0.153 e. The SMILES string of the molecule is Cc1cc(/C(N)=N/N)co1. The van der Waals surface area contributed by atoms with Gasteiger partial charge in [-0.05, 0) is 13.0 Å². The van der Waals surface area contributed by atoms with Gasteiger partial charge in [0.15, 0.2) is 5.84 Å². The Labute approximate surface area is 58.5 Å². The summed E-state index contributed by atoms with van der Waals surface area (Å²) in [4.78, 5) is 0. The molecule has 0 bridgehead atoms. The lowest BCUT2D eigenvalue weighted by Crippen LogP contribution is -2.14. The number of hydrazone groups is 1. The van der Waals surface area contributed by atoms with Crippen molar-refractivity contribution in [1.82, 2.24) is 0 Å². The van der Waals surface area contributed by atoms with Crippen molar-refractivity contribution in [1.29, 1.82) is 0 Å². The van der Waals surface area contributed by atoms with E-state index >= 15 is 0 Å². The molecule has 0 saturated carbocycles. The molecule has 54 valence electrons. The average molecular weight is 139 g/mol. The van der Waals surface area contributed by atoms with E-state index in [4.69, 9.17) is 16.0 Å². The van der Waals surface area contributed by atoms with Gasteiger partial charge in [0.1, 0.15) is 12.0 Å². The van der Waals surface area contributed by atoms with Crippen molar-refractivity contribution < 1.29 is 4.42 Å². The molecule has 0 fully saturated rings. The highest BCUT2D eigenvalue weighted by Gasteiger charge is 2.00. The van der Waals surface area contributed by atoms with Crippen molar-refractivity contribution in [3.8, 4) is 0 Å². The molecular weight excluding hydrogens is 130 g/mol. The summed E-state index contributed by atoms with van der Waals surface area (Å²) >= 11 is 0. The molecule has 0 saturated heterocycles. The molecule has 0 aliphatic carbocycles. The van der Waals surface area contributed by atoms with Crippen LogP contribution in [0.15, 0.2) is 21.8 Å². The van der Waals surface area contributed by atoms with Crippen molar-refractivity contribution in [3.05, 3.63) is 23.7 Å². The van der Waals surface area contributed by atoms with Gasteiger partial charge in [-0.2, -0.15) is 5.10 Å². The molecule has 0 spiro atoms. The van der Waals surface area contributed by atoms with Crippen LogP contribution in [-0.4, -0.2) is 5.84 Å². The minimum absolute atomic E-state index is 0.289. The highest BCUT2D eigenvalue weighted by atomic mass is 16.3. The van der Waals surface area contributed by atoms with E-state index in [9.17, 15) is 0 Å². The molecule has 4 nitrogen and oxygen atoms in total. The zero-order chi connectivity index (χ0) is 7.56. The Morgan fingerprint density at radius 2 is 2.40 bits per heavy atom. The third-order valence-corrected chi connectivity index (χ3v) is 1.17. The number of hydrogen-bond acceptors (Lipinski definition) is 3. The molecule has 1 heterocycles. The van der Waals surface area contributed by atoms with Crippen molar-refractivity contribution in [2.45, 2.75) is 6.92 Å². The predicted molar refractivity (Wildman–Crippen MR) is 38.4 cm³/mol. The lowest BCUT2D eigenvalue weighted by Gasteiger charge is -1.88. The van der Waals surface area contributed by atoms with Crippen molar-refractivity contribution in [2.24, 2.45) is 16.7 Å². The molecule has 0 amide bonds. The van der Waals surface area contributed by atoms with Gasteiger partial charge in [0, 0.05) is 0 Å². The van der Waals surface area contributed by atoms with E-state index in [2.05, 4.69) is 5.10 Å². The summed E-state index contributed by atoms with van der Waals surface area (Å²) in [5.74, 6) is 6.02. The van der Waals surface area contributed by atoms with Crippen LogP contribution in [0.3, 0.4) is 0 Å². The predicted octanol–water partition coefficient (Wildman–Crippen LogP) is 0.167. The summed E-state index contributed by atoms with van der Waals surface area (Å²) in [7, 11) is 0. The topological polar surface area (TPSA) is 77.5 Å². The van der Waals surface area contributed by atoms with Crippen LogP contribution in [0.25, 0.3) is 0 Å². The molecule has 10 heavy (non-hydrogen) atoms. The van der Waals surface area contributed by atoms with Crippen molar-refractivity contribution in [3.63, 3.8) is 0 Å². The molecule has 4 N–H and O–H groups in total. The Morgan fingerprint density at radius 3 is 2.80 bits per heavy atom. The lowest BCUT2D eigenvalue weighted by molar-refractivity contribution is 0.534. The molecule has 1 aromatic rings. The number of amidine groups is 1. The quantitative estimate of drug-likeness (QED) is 0.252. The van der Waals surface area contributed by atoms with Crippen LogP contribution in [0, 0.1) is 6.92 Å². The molecule has 0 aliphatic rings. The van der Waals surface area contributed by atoms with Crippen molar-refractivity contribution in [2.75, 3.05) is 0 Å². The van der Waals surface area contributed by atoms with Gasteiger partial charge < -0.3 is 16.0 Å². The first-order valence-electron chi connectivity index (χ1n) is 2.83. The molecule has 4 heteroatoms. The van der Waals surface area contributed by atoms with E-state index in [-0.39, 0.29) is 5.84 Å². The number of rotatable bonds is 1. The maximum Gasteiger partial charge on any atom is 0.153 e. The molecule has 0 atom stereocenters. The molecule has 0 unspecified atom stereocenters. The first-order valence-corrected chi connectivity index (χ1v) is 2.83. The van der Waals surface area contributed by atoms with Crippen LogP contribution >= 0.6 is 0 Å². The van der Waals surface area contributed by atoms with Crippen LogP contribution in [0.4, 0.5) is 0 Å². The fourth-order valence-corrected chi connectivity index (χ4v) is 0.652. The largest absolute Gasteiger partial charge is 0.469 e. The monoisotopic (exact) mass is 139 g/mol. The van der Waals surface area contributed by atoms with Crippen LogP contribution < -0.4 is 11.6 Å². The number of nitrogens with two attached hydrogens (primary N) is 2. The standard InChI is InChI=1S/C6H9N3O/c1-4-2-5(3-10-4)6(7)9-8/h2-3H,8H2,1H3,(H2,7,9). The Hall–Kier alpha value is -1.45. The highest BCUT2D eigenvalue weighted by molar-refractivity contribution is 5.96. The number of furan rings is 1. The molecule has 0 radical (unpaired) electrons. The summed E-state index contributed by atoms with van der Waals surface area (Å²) in [6.07, 6.45) is 1.51. The summed E-state index contributed by atoms with van der Waals surface area (Å²) < 4.78 is 4.97. The Bertz CT molecular complexity index is 251. The second-order valence-corrected chi connectivity index (χ2v) is 1.96. The minimum atomic E-state index is 0.289. The Balaban J connectivity index is 2.95. The molecule has 0 aromatic carbocycles. The van der Waals surface area contributed by atoms with E-state index in [1.165, 1.54) is 6.26 Å². The third-order valence-electron chi connectivity index (χ3n) is 1.17. The van der Waals surface area contributed by atoms with Gasteiger partial charge in [-0.15, -0.1) is 0 Å². The lowest BCUT2D eigenvalue weighted by atomic mass is 10.3. The van der Waals surface area contributed by atoms with Gasteiger partial charge >= 0.3 is 0 Å². The fraction of sp³-hybridized carbons (Fsp3) is 0.167. The Kier molecular flexibility index (Phi) is 1.62. The van der Waals surface area contributed by atoms with E-state index in [0.29, 0.717) is 0 Å².